The van der Waals surface area contributed by atoms with Crippen LogP contribution in [0.1, 0.15) is 25.7 Å². The summed E-state index contributed by atoms with van der Waals surface area (Å²) in [5, 5.41) is 0. The van der Waals surface area contributed by atoms with E-state index in [1.807, 2.05) is 30.3 Å². The zero-order valence-electron chi connectivity index (χ0n) is 9.02. The Morgan fingerprint density at radius 3 is 2.44 bits per heavy atom. The Hall–Kier alpha value is -1.22. The van der Waals surface area contributed by atoms with E-state index in [0.717, 1.165) is 31.4 Å². The van der Waals surface area contributed by atoms with Crippen LogP contribution in [0.5, 0.6) is 0 Å². The number of benzene rings is 1. The molecule has 1 aromatic carbocycles. The summed E-state index contributed by atoms with van der Waals surface area (Å²) >= 11 is 0. The van der Waals surface area contributed by atoms with Gasteiger partial charge in [0.15, 0.2) is 0 Å². The quantitative estimate of drug-likeness (QED) is 0.827. The molecule has 1 aromatic rings. The van der Waals surface area contributed by atoms with Crippen molar-refractivity contribution in [2.24, 2.45) is 5.92 Å². The smallest absolute Gasteiger partial charge is 0.335 e. The fourth-order valence-electron chi connectivity index (χ4n) is 1.86. The summed E-state index contributed by atoms with van der Waals surface area (Å²) in [6, 6.07) is 9.44. The van der Waals surface area contributed by atoms with Gasteiger partial charge in [0.2, 0.25) is 0 Å². The second-order valence-electron chi connectivity index (χ2n) is 3.87. The van der Waals surface area contributed by atoms with Crippen molar-refractivity contribution < 1.29 is 9.63 Å². The highest BCUT2D eigenvalue weighted by Crippen LogP contribution is 2.25. The molecule has 1 aliphatic carbocycles. The van der Waals surface area contributed by atoms with Crippen molar-refractivity contribution in [3.63, 3.8) is 0 Å². The lowest BCUT2D eigenvalue weighted by molar-refractivity contribution is -0.145. The van der Waals surface area contributed by atoms with Crippen molar-refractivity contribution in [1.82, 2.24) is 0 Å². The average molecular weight is 242 g/mol. The lowest BCUT2D eigenvalue weighted by Gasteiger charge is -2.10. The van der Waals surface area contributed by atoms with Crippen molar-refractivity contribution in [2.45, 2.75) is 25.7 Å². The second-order valence-corrected chi connectivity index (χ2v) is 3.87. The molecule has 0 bridgehead atoms. The van der Waals surface area contributed by atoms with Gasteiger partial charge in [-0.1, -0.05) is 31.0 Å². The molecule has 0 radical (unpaired) electrons. The Balaban J connectivity index is 0.00000128. The Kier molecular flexibility index (Phi) is 5.12. The molecular weight excluding hydrogens is 226 g/mol. The summed E-state index contributed by atoms with van der Waals surface area (Å²) in [4.78, 5) is 16.6. The third kappa shape index (κ3) is 3.42. The van der Waals surface area contributed by atoms with E-state index in [1.54, 1.807) is 0 Å². The van der Waals surface area contributed by atoms with Crippen LogP contribution < -0.4 is 5.48 Å². The maximum absolute atomic E-state index is 11.5. The van der Waals surface area contributed by atoms with Gasteiger partial charge in [0, 0.05) is 0 Å². The van der Waals surface area contributed by atoms with Crippen molar-refractivity contribution in [3.05, 3.63) is 30.3 Å². The maximum Gasteiger partial charge on any atom is 0.335 e. The minimum atomic E-state index is -0.128. The Labute approximate surface area is 102 Å². The molecule has 16 heavy (non-hydrogen) atoms. The molecule has 3 nitrogen and oxygen atoms in total. The first-order chi connectivity index (χ1) is 7.36. The highest BCUT2D eigenvalue weighted by atomic mass is 35.5. The van der Waals surface area contributed by atoms with E-state index >= 15 is 0 Å². The Morgan fingerprint density at radius 1 is 1.19 bits per heavy atom. The monoisotopic (exact) mass is 241 g/mol. The fraction of sp³-hybridized carbons (Fsp3) is 0.417. The molecule has 1 aliphatic rings. The van der Waals surface area contributed by atoms with Crippen LogP contribution in [-0.4, -0.2) is 5.97 Å². The molecule has 0 heterocycles. The van der Waals surface area contributed by atoms with Gasteiger partial charge in [0.1, 0.15) is 0 Å². The number of halogens is 1. The van der Waals surface area contributed by atoms with E-state index in [2.05, 4.69) is 5.48 Å². The summed E-state index contributed by atoms with van der Waals surface area (Å²) in [5.41, 5.74) is 3.48. The number of rotatable bonds is 3. The van der Waals surface area contributed by atoms with Gasteiger partial charge in [0.25, 0.3) is 0 Å². The lowest BCUT2D eigenvalue weighted by atomic mass is 10.1. The van der Waals surface area contributed by atoms with Crippen molar-refractivity contribution in [2.75, 3.05) is 5.48 Å². The average Bonchev–Trinajstić information content (AvgIpc) is 2.81. The third-order valence-corrected chi connectivity index (χ3v) is 2.73. The molecular formula is C12H16ClNO2. The molecule has 1 N–H and O–H groups in total. The Bertz CT molecular complexity index is 323. The lowest BCUT2D eigenvalue weighted by Crippen LogP contribution is -2.18. The molecule has 0 atom stereocenters. The predicted octanol–water partition coefficient (Wildman–Crippen LogP) is 3.17. The van der Waals surface area contributed by atoms with Gasteiger partial charge >= 0.3 is 5.97 Å². The highest BCUT2D eigenvalue weighted by Gasteiger charge is 2.24. The minimum absolute atomic E-state index is 0. The molecule has 0 unspecified atom stereocenters. The van der Waals surface area contributed by atoms with E-state index in [9.17, 15) is 4.79 Å². The van der Waals surface area contributed by atoms with Crippen LogP contribution in [0.25, 0.3) is 0 Å². The minimum Gasteiger partial charge on any atom is -0.343 e. The molecule has 1 saturated carbocycles. The largest absolute Gasteiger partial charge is 0.343 e. The SMILES string of the molecule is Cl.O=C(ONc1ccccc1)C1CCCC1. The number of carbonyl (C=O) groups excluding carboxylic acids is 1. The zero-order chi connectivity index (χ0) is 10.5. The summed E-state index contributed by atoms with van der Waals surface area (Å²) in [6.45, 7) is 0. The first-order valence-corrected chi connectivity index (χ1v) is 5.38. The second kappa shape index (κ2) is 6.38. The summed E-state index contributed by atoms with van der Waals surface area (Å²) in [6.07, 6.45) is 4.22. The summed E-state index contributed by atoms with van der Waals surface area (Å²) in [5.74, 6) is -0.0300. The van der Waals surface area contributed by atoms with Gasteiger partial charge in [-0.2, -0.15) is 0 Å². The standard InChI is InChI=1S/C12H15NO2.ClH/c14-12(10-6-4-5-7-10)15-13-11-8-2-1-3-9-11;/h1-3,8-10,13H,4-7H2;1H. The van der Waals surface area contributed by atoms with Gasteiger partial charge in [-0.25, -0.2) is 10.3 Å². The molecule has 0 aromatic heterocycles. The summed E-state index contributed by atoms with van der Waals surface area (Å²) in [7, 11) is 0. The fourth-order valence-corrected chi connectivity index (χ4v) is 1.86. The molecule has 2 rings (SSSR count). The first-order valence-electron chi connectivity index (χ1n) is 5.38. The van der Waals surface area contributed by atoms with Crippen molar-refractivity contribution >= 4 is 24.1 Å². The van der Waals surface area contributed by atoms with Gasteiger partial charge in [-0.15, -0.1) is 12.4 Å². The maximum atomic E-state index is 11.5. The first kappa shape index (κ1) is 12.8. The van der Waals surface area contributed by atoms with Crippen LogP contribution in [0, 0.1) is 5.92 Å². The van der Waals surface area contributed by atoms with Crippen LogP contribution in [0.3, 0.4) is 0 Å². The number of hydrogen-bond acceptors (Lipinski definition) is 3. The predicted molar refractivity (Wildman–Crippen MR) is 65.4 cm³/mol. The van der Waals surface area contributed by atoms with E-state index < -0.39 is 0 Å². The summed E-state index contributed by atoms with van der Waals surface area (Å²) < 4.78 is 0. The van der Waals surface area contributed by atoms with E-state index in [0.29, 0.717) is 0 Å². The molecule has 0 saturated heterocycles. The zero-order valence-corrected chi connectivity index (χ0v) is 9.83. The number of hydrogen-bond donors (Lipinski definition) is 1. The number of carbonyl (C=O) groups is 1. The molecule has 4 heteroatoms. The van der Waals surface area contributed by atoms with E-state index in [4.69, 9.17) is 4.84 Å². The number of anilines is 1. The van der Waals surface area contributed by atoms with Crippen LogP contribution in [0.2, 0.25) is 0 Å². The molecule has 88 valence electrons. The highest BCUT2D eigenvalue weighted by molar-refractivity contribution is 5.85. The van der Waals surface area contributed by atoms with E-state index in [-0.39, 0.29) is 24.3 Å². The van der Waals surface area contributed by atoms with Gasteiger partial charge < -0.3 is 4.84 Å². The number of nitrogens with one attached hydrogen (secondary N) is 1. The van der Waals surface area contributed by atoms with Crippen molar-refractivity contribution in [3.8, 4) is 0 Å². The third-order valence-electron chi connectivity index (χ3n) is 2.73. The van der Waals surface area contributed by atoms with Crippen molar-refractivity contribution in [1.29, 1.82) is 0 Å². The number of para-hydroxylation sites is 1. The van der Waals surface area contributed by atoms with Gasteiger partial charge in [-0.3, -0.25) is 0 Å². The topological polar surface area (TPSA) is 38.3 Å². The Morgan fingerprint density at radius 2 is 1.81 bits per heavy atom. The molecule has 0 amide bonds. The van der Waals surface area contributed by atoms with Gasteiger partial charge in [-0.05, 0) is 25.0 Å². The van der Waals surface area contributed by atoms with Crippen LogP contribution in [0.15, 0.2) is 30.3 Å². The van der Waals surface area contributed by atoms with Crippen LogP contribution in [0.4, 0.5) is 5.69 Å². The molecule has 1 fully saturated rings. The molecule has 0 aliphatic heterocycles. The normalized spacial score (nSPS) is 15.2. The van der Waals surface area contributed by atoms with E-state index in [1.165, 1.54) is 0 Å². The van der Waals surface area contributed by atoms with Crippen LogP contribution >= 0.6 is 12.4 Å². The van der Waals surface area contributed by atoms with Gasteiger partial charge in [0.05, 0.1) is 11.6 Å². The van der Waals surface area contributed by atoms with Crippen LogP contribution in [-0.2, 0) is 9.63 Å². The molecule has 0 spiro atoms.